The molecule has 5 rings (SSSR count). The van der Waals surface area contributed by atoms with Crippen molar-refractivity contribution in [2.24, 2.45) is 13.0 Å². The maximum atomic E-state index is 2.58. The molecule has 0 spiro atoms. The van der Waals surface area contributed by atoms with Crippen molar-refractivity contribution in [3.63, 3.8) is 0 Å². The van der Waals surface area contributed by atoms with E-state index in [0.29, 0.717) is 5.92 Å². The average molecular weight is 425 g/mol. The highest BCUT2D eigenvalue weighted by molar-refractivity contribution is 7.03. The van der Waals surface area contributed by atoms with E-state index < -0.39 is 8.07 Å². The number of benzene rings is 3. The molecule has 0 saturated heterocycles. The van der Waals surface area contributed by atoms with Gasteiger partial charge in [-0.25, -0.2) is 4.57 Å². The lowest BCUT2D eigenvalue weighted by atomic mass is 9.89. The van der Waals surface area contributed by atoms with Crippen LogP contribution in [0, 0.1) is 26.7 Å². The zero-order chi connectivity index (χ0) is 22.2. The number of nitrogens with zero attached hydrogens (tertiary/aromatic N) is 1. The molecule has 0 aliphatic carbocycles. The molecule has 1 aromatic heterocycles. The van der Waals surface area contributed by atoms with Crippen LogP contribution in [0.2, 0.25) is 13.1 Å². The van der Waals surface area contributed by atoms with Crippen LogP contribution in [0.5, 0.6) is 0 Å². The fourth-order valence-corrected chi connectivity index (χ4v) is 9.97. The Labute approximate surface area is 187 Å². The van der Waals surface area contributed by atoms with Gasteiger partial charge in [-0.3, -0.25) is 0 Å². The minimum absolute atomic E-state index is 0.667. The van der Waals surface area contributed by atoms with E-state index in [1.54, 1.807) is 10.4 Å². The summed E-state index contributed by atoms with van der Waals surface area (Å²) in [6.07, 6.45) is 3.41. The third kappa shape index (κ3) is 2.77. The number of pyridine rings is 1. The first-order chi connectivity index (χ1) is 14.6. The molecule has 0 unspecified atom stereocenters. The molecule has 0 atom stereocenters. The van der Waals surface area contributed by atoms with Crippen LogP contribution >= 0.6 is 0 Å². The quantitative estimate of drug-likeness (QED) is 0.285. The van der Waals surface area contributed by atoms with E-state index in [1.165, 1.54) is 55.1 Å². The molecular formula is C29H34NSi+. The predicted octanol–water partition coefficient (Wildman–Crippen LogP) is 5.74. The fraction of sp³-hybridized carbons (Fsp3) is 0.345. The summed E-state index contributed by atoms with van der Waals surface area (Å²) < 4.78 is 2.37. The van der Waals surface area contributed by atoms with Crippen molar-refractivity contribution in [2.75, 3.05) is 0 Å². The molecule has 0 radical (unpaired) electrons. The van der Waals surface area contributed by atoms with E-state index in [2.05, 4.69) is 102 Å². The first-order valence-electron chi connectivity index (χ1n) is 11.6. The van der Waals surface area contributed by atoms with Crippen molar-refractivity contribution in [3.05, 3.63) is 64.8 Å². The highest BCUT2D eigenvalue weighted by Gasteiger charge is 2.42. The summed E-state index contributed by atoms with van der Waals surface area (Å²) in [5.41, 5.74) is 8.75. The average Bonchev–Trinajstić information content (AvgIpc) is 2.69. The zero-order valence-electron chi connectivity index (χ0n) is 20.3. The first kappa shape index (κ1) is 20.4. The second-order valence-electron chi connectivity index (χ2n) is 10.6. The van der Waals surface area contributed by atoms with Crippen molar-refractivity contribution < 1.29 is 4.57 Å². The molecule has 31 heavy (non-hydrogen) atoms. The Morgan fingerprint density at radius 3 is 2.39 bits per heavy atom. The number of aryl methyl sites for hydroxylation is 4. The number of aromatic nitrogens is 1. The van der Waals surface area contributed by atoms with Crippen LogP contribution in [0.3, 0.4) is 0 Å². The minimum atomic E-state index is -1.90. The van der Waals surface area contributed by atoms with Gasteiger partial charge >= 0.3 is 0 Å². The van der Waals surface area contributed by atoms with Gasteiger partial charge in [0.2, 0.25) is 5.69 Å². The molecule has 4 aromatic rings. The van der Waals surface area contributed by atoms with Gasteiger partial charge in [-0.05, 0) is 81.9 Å². The van der Waals surface area contributed by atoms with Crippen molar-refractivity contribution in [1.29, 1.82) is 0 Å². The Kier molecular flexibility index (Phi) is 4.47. The Bertz CT molecular complexity index is 1390. The van der Waals surface area contributed by atoms with Crippen LogP contribution in [-0.4, -0.2) is 8.07 Å². The minimum Gasteiger partial charge on any atom is -0.200 e. The molecule has 3 aromatic carbocycles. The van der Waals surface area contributed by atoms with Crippen LogP contribution in [-0.2, 0) is 13.5 Å². The molecule has 2 heteroatoms. The van der Waals surface area contributed by atoms with Gasteiger partial charge in [0.25, 0.3) is 0 Å². The van der Waals surface area contributed by atoms with E-state index in [-0.39, 0.29) is 0 Å². The van der Waals surface area contributed by atoms with Gasteiger partial charge in [-0.1, -0.05) is 57.3 Å². The van der Waals surface area contributed by atoms with E-state index in [0.717, 1.165) is 6.42 Å². The number of fused-ring (bicyclic) bond motifs is 3. The Hall–Kier alpha value is -2.45. The van der Waals surface area contributed by atoms with Crippen LogP contribution in [0.1, 0.15) is 36.1 Å². The van der Waals surface area contributed by atoms with Gasteiger partial charge in [0.15, 0.2) is 6.20 Å². The summed E-state index contributed by atoms with van der Waals surface area (Å²) >= 11 is 0. The van der Waals surface area contributed by atoms with Crippen molar-refractivity contribution in [3.8, 4) is 11.3 Å². The van der Waals surface area contributed by atoms with E-state index in [1.807, 2.05) is 0 Å². The van der Waals surface area contributed by atoms with Crippen LogP contribution in [0.25, 0.3) is 32.8 Å². The van der Waals surface area contributed by atoms with Crippen LogP contribution < -0.4 is 14.9 Å². The molecule has 0 fully saturated rings. The smallest absolute Gasteiger partial charge is 0.200 e. The topological polar surface area (TPSA) is 3.88 Å². The fourth-order valence-electron chi connectivity index (χ4n) is 6.27. The van der Waals surface area contributed by atoms with E-state index in [4.69, 9.17) is 0 Å². The van der Waals surface area contributed by atoms with Crippen LogP contribution in [0.15, 0.2) is 42.6 Å². The number of rotatable bonds is 2. The second kappa shape index (κ2) is 6.77. The summed E-state index contributed by atoms with van der Waals surface area (Å²) in [7, 11) is 0.325. The Morgan fingerprint density at radius 1 is 0.935 bits per heavy atom. The van der Waals surface area contributed by atoms with Gasteiger partial charge < -0.3 is 0 Å². The number of hydrogen-bond acceptors (Lipinski definition) is 0. The Morgan fingerprint density at radius 2 is 1.68 bits per heavy atom. The molecule has 1 nitrogen and oxygen atoms in total. The molecule has 0 saturated carbocycles. The standard InChI is InChI=1S/C29H34NSi/c1-17(2)14-21-15-22-12-13-30(6)28-26-19(4)23-11-9-10-18(3)25(23)20(5)29(26)31(7,8)24(16-21)27(22)28/h9-13,15-17H,14H2,1-8H3/q+1. The normalized spacial score (nSPS) is 14.5. The van der Waals surface area contributed by atoms with Crippen molar-refractivity contribution >= 4 is 40.0 Å². The van der Waals surface area contributed by atoms with Gasteiger partial charge in [0.1, 0.15) is 15.1 Å². The van der Waals surface area contributed by atoms with Gasteiger partial charge in [0.05, 0.1) is 10.9 Å². The molecule has 2 heterocycles. The summed E-state index contributed by atoms with van der Waals surface area (Å²) in [6, 6.07) is 14.2. The highest BCUT2D eigenvalue weighted by atomic mass is 28.3. The molecular weight excluding hydrogens is 390 g/mol. The first-order valence-corrected chi connectivity index (χ1v) is 14.6. The van der Waals surface area contributed by atoms with Crippen molar-refractivity contribution in [2.45, 2.75) is 54.1 Å². The lowest BCUT2D eigenvalue weighted by Crippen LogP contribution is -2.59. The molecule has 158 valence electrons. The van der Waals surface area contributed by atoms with Gasteiger partial charge in [-0.2, -0.15) is 0 Å². The number of hydrogen-bond donors (Lipinski definition) is 0. The summed E-state index contributed by atoms with van der Waals surface area (Å²) in [5, 5.41) is 9.05. The molecule has 1 aliphatic heterocycles. The van der Waals surface area contributed by atoms with E-state index >= 15 is 0 Å². The summed E-state index contributed by atoms with van der Waals surface area (Å²) in [4.78, 5) is 0. The maximum absolute atomic E-state index is 2.58. The Balaban J connectivity index is 2.02. The lowest BCUT2D eigenvalue weighted by molar-refractivity contribution is -0.659. The van der Waals surface area contributed by atoms with Crippen LogP contribution in [0.4, 0.5) is 0 Å². The van der Waals surface area contributed by atoms with Crippen molar-refractivity contribution in [1.82, 2.24) is 0 Å². The third-order valence-electron chi connectivity index (χ3n) is 7.53. The third-order valence-corrected chi connectivity index (χ3v) is 11.1. The molecule has 0 amide bonds. The summed E-state index contributed by atoms with van der Waals surface area (Å²) in [5.74, 6) is 0.667. The molecule has 0 bridgehead atoms. The zero-order valence-corrected chi connectivity index (χ0v) is 21.3. The molecule has 1 aliphatic rings. The second-order valence-corrected chi connectivity index (χ2v) is 14.9. The summed E-state index contributed by atoms with van der Waals surface area (Å²) in [6.45, 7) is 16.8. The van der Waals surface area contributed by atoms with Gasteiger partial charge in [0, 0.05) is 6.07 Å². The monoisotopic (exact) mass is 424 g/mol. The highest BCUT2D eigenvalue weighted by Crippen LogP contribution is 2.39. The SMILES string of the molecule is Cc1c2c(c(C)c3c(C)cccc13)[Si](C)(C)c1cc(CC(C)C)cc3cc[n+](C)c-2c13. The maximum Gasteiger partial charge on any atom is 0.220 e. The lowest BCUT2D eigenvalue weighted by Gasteiger charge is -2.35. The molecule has 0 N–H and O–H groups in total. The largest absolute Gasteiger partial charge is 0.220 e. The predicted molar refractivity (Wildman–Crippen MR) is 138 cm³/mol. The van der Waals surface area contributed by atoms with E-state index in [9.17, 15) is 0 Å². The van der Waals surface area contributed by atoms with Gasteiger partial charge in [-0.15, -0.1) is 0 Å².